The van der Waals surface area contributed by atoms with Gasteiger partial charge in [-0.25, -0.2) is 4.98 Å². The molecule has 78 valence electrons. The number of rotatable bonds is 2. The highest BCUT2D eigenvalue weighted by molar-refractivity contribution is 7.15. The standard InChI is InChI=1S/C12H9N3S/c13-6-10-11(8-3-4-8)15-12(16-10)9-2-1-5-14-7-9/h1-2,5,7-8H,3-4H2. The maximum Gasteiger partial charge on any atom is 0.128 e. The third kappa shape index (κ3) is 1.59. The first-order chi connectivity index (χ1) is 7.88. The van der Waals surface area contributed by atoms with Crippen molar-refractivity contribution in [3.63, 3.8) is 0 Å². The minimum absolute atomic E-state index is 0.524. The molecule has 2 aromatic rings. The molecule has 0 unspecified atom stereocenters. The fourth-order valence-electron chi connectivity index (χ4n) is 1.66. The highest BCUT2D eigenvalue weighted by Crippen LogP contribution is 2.43. The van der Waals surface area contributed by atoms with E-state index in [-0.39, 0.29) is 0 Å². The Morgan fingerprint density at radius 2 is 2.31 bits per heavy atom. The van der Waals surface area contributed by atoms with Crippen molar-refractivity contribution >= 4 is 11.3 Å². The van der Waals surface area contributed by atoms with Crippen LogP contribution < -0.4 is 0 Å². The first-order valence-electron chi connectivity index (χ1n) is 5.19. The van der Waals surface area contributed by atoms with Gasteiger partial charge in [0.2, 0.25) is 0 Å². The second-order valence-electron chi connectivity index (χ2n) is 3.86. The summed E-state index contributed by atoms with van der Waals surface area (Å²) in [5.74, 6) is 0.524. The number of aromatic nitrogens is 2. The molecule has 1 aliphatic rings. The normalized spacial score (nSPS) is 14.7. The van der Waals surface area contributed by atoms with Gasteiger partial charge >= 0.3 is 0 Å². The number of hydrogen-bond donors (Lipinski definition) is 0. The molecule has 0 bridgehead atoms. The lowest BCUT2D eigenvalue weighted by Crippen LogP contribution is -1.83. The summed E-state index contributed by atoms with van der Waals surface area (Å²) in [5, 5.41) is 9.97. The van der Waals surface area contributed by atoms with Crippen LogP contribution in [0.4, 0.5) is 0 Å². The molecule has 1 fully saturated rings. The summed E-state index contributed by atoms with van der Waals surface area (Å²) in [4.78, 5) is 9.40. The molecule has 1 saturated carbocycles. The number of nitriles is 1. The fourth-order valence-corrected chi connectivity index (χ4v) is 2.60. The van der Waals surface area contributed by atoms with Crippen molar-refractivity contribution in [2.45, 2.75) is 18.8 Å². The molecule has 0 radical (unpaired) electrons. The first kappa shape index (κ1) is 9.49. The molecule has 1 aliphatic carbocycles. The topological polar surface area (TPSA) is 49.6 Å². The van der Waals surface area contributed by atoms with Crippen LogP contribution >= 0.6 is 11.3 Å². The van der Waals surface area contributed by atoms with Crippen LogP contribution in [0.5, 0.6) is 0 Å². The van der Waals surface area contributed by atoms with E-state index in [0.29, 0.717) is 5.92 Å². The molecule has 16 heavy (non-hydrogen) atoms. The molecule has 0 aromatic carbocycles. The van der Waals surface area contributed by atoms with Gasteiger partial charge in [0.05, 0.1) is 5.69 Å². The number of thiazole rings is 1. The van der Waals surface area contributed by atoms with Crippen LogP contribution in [0.2, 0.25) is 0 Å². The molecule has 3 rings (SSSR count). The maximum absolute atomic E-state index is 9.06. The lowest BCUT2D eigenvalue weighted by Gasteiger charge is -1.92. The van der Waals surface area contributed by atoms with E-state index in [1.807, 2.05) is 12.1 Å². The lowest BCUT2D eigenvalue weighted by atomic mass is 10.2. The summed E-state index contributed by atoms with van der Waals surface area (Å²) >= 11 is 1.47. The van der Waals surface area contributed by atoms with Crippen LogP contribution in [0.15, 0.2) is 24.5 Å². The molecule has 0 amide bonds. The van der Waals surface area contributed by atoms with E-state index in [9.17, 15) is 0 Å². The van der Waals surface area contributed by atoms with Crippen molar-refractivity contribution in [1.29, 1.82) is 5.26 Å². The molecular formula is C12H9N3S. The number of hydrogen-bond acceptors (Lipinski definition) is 4. The molecule has 0 saturated heterocycles. The second kappa shape index (κ2) is 3.69. The smallest absolute Gasteiger partial charge is 0.128 e. The summed E-state index contributed by atoms with van der Waals surface area (Å²) in [6.45, 7) is 0. The molecule has 0 spiro atoms. The van der Waals surface area contributed by atoms with E-state index in [1.165, 1.54) is 24.2 Å². The third-order valence-electron chi connectivity index (χ3n) is 2.63. The molecule has 2 aromatic heterocycles. The van der Waals surface area contributed by atoms with Gasteiger partial charge in [0.15, 0.2) is 0 Å². The third-order valence-corrected chi connectivity index (χ3v) is 3.65. The van der Waals surface area contributed by atoms with Crippen LogP contribution in [0.1, 0.15) is 29.3 Å². The Morgan fingerprint density at radius 1 is 1.44 bits per heavy atom. The quantitative estimate of drug-likeness (QED) is 0.792. The van der Waals surface area contributed by atoms with Crippen LogP contribution in [0.3, 0.4) is 0 Å². The van der Waals surface area contributed by atoms with Crippen molar-refractivity contribution in [2.24, 2.45) is 0 Å². The highest BCUT2D eigenvalue weighted by atomic mass is 32.1. The number of nitrogens with zero attached hydrogens (tertiary/aromatic N) is 3. The molecule has 4 heteroatoms. The van der Waals surface area contributed by atoms with E-state index < -0.39 is 0 Å². The predicted molar refractivity (Wildman–Crippen MR) is 62.0 cm³/mol. The Balaban J connectivity index is 2.06. The van der Waals surface area contributed by atoms with Crippen molar-refractivity contribution in [2.75, 3.05) is 0 Å². The monoisotopic (exact) mass is 227 g/mol. The zero-order chi connectivity index (χ0) is 11.0. The summed E-state index contributed by atoms with van der Waals surface area (Å²) in [7, 11) is 0. The Kier molecular flexibility index (Phi) is 2.19. The van der Waals surface area contributed by atoms with E-state index in [4.69, 9.17) is 5.26 Å². The van der Waals surface area contributed by atoms with E-state index >= 15 is 0 Å². The van der Waals surface area contributed by atoms with E-state index in [2.05, 4.69) is 16.0 Å². The number of pyridine rings is 1. The van der Waals surface area contributed by atoms with Crippen molar-refractivity contribution < 1.29 is 0 Å². The molecule has 2 heterocycles. The van der Waals surface area contributed by atoms with Gasteiger partial charge in [-0.05, 0) is 25.0 Å². The second-order valence-corrected chi connectivity index (χ2v) is 4.86. The van der Waals surface area contributed by atoms with Gasteiger partial charge in [0.1, 0.15) is 16.0 Å². The van der Waals surface area contributed by atoms with Crippen LogP contribution in [-0.2, 0) is 0 Å². The summed E-state index contributed by atoms with van der Waals surface area (Å²) < 4.78 is 0. The zero-order valence-electron chi connectivity index (χ0n) is 8.55. The van der Waals surface area contributed by atoms with Gasteiger partial charge in [0.25, 0.3) is 0 Å². The Labute approximate surface area is 97.4 Å². The minimum atomic E-state index is 0.524. The van der Waals surface area contributed by atoms with Crippen LogP contribution in [-0.4, -0.2) is 9.97 Å². The first-order valence-corrected chi connectivity index (χ1v) is 6.01. The molecular weight excluding hydrogens is 218 g/mol. The van der Waals surface area contributed by atoms with Crippen LogP contribution in [0.25, 0.3) is 10.6 Å². The fraction of sp³-hybridized carbons (Fsp3) is 0.250. The lowest BCUT2D eigenvalue weighted by molar-refractivity contribution is 1.04. The Bertz CT molecular complexity index is 549. The van der Waals surface area contributed by atoms with Crippen molar-refractivity contribution in [3.8, 4) is 16.6 Å². The molecule has 0 atom stereocenters. The van der Waals surface area contributed by atoms with Gasteiger partial charge < -0.3 is 0 Å². The molecule has 3 nitrogen and oxygen atoms in total. The average molecular weight is 227 g/mol. The van der Waals surface area contributed by atoms with Gasteiger partial charge in [-0.15, -0.1) is 11.3 Å². The van der Waals surface area contributed by atoms with Crippen molar-refractivity contribution in [3.05, 3.63) is 35.1 Å². The van der Waals surface area contributed by atoms with Gasteiger partial charge in [-0.1, -0.05) is 0 Å². The predicted octanol–water partition coefficient (Wildman–Crippen LogP) is 2.95. The molecule has 0 aliphatic heterocycles. The highest BCUT2D eigenvalue weighted by Gasteiger charge is 2.29. The van der Waals surface area contributed by atoms with Gasteiger partial charge in [-0.2, -0.15) is 5.26 Å². The van der Waals surface area contributed by atoms with Crippen LogP contribution in [0, 0.1) is 11.3 Å². The largest absolute Gasteiger partial charge is 0.264 e. The Hall–Kier alpha value is -1.73. The minimum Gasteiger partial charge on any atom is -0.264 e. The average Bonchev–Trinajstić information content (AvgIpc) is 3.10. The molecule has 0 N–H and O–H groups in total. The van der Waals surface area contributed by atoms with Gasteiger partial charge in [0, 0.05) is 23.9 Å². The van der Waals surface area contributed by atoms with Gasteiger partial charge in [-0.3, -0.25) is 4.98 Å². The van der Waals surface area contributed by atoms with Crippen molar-refractivity contribution in [1.82, 2.24) is 9.97 Å². The summed E-state index contributed by atoms with van der Waals surface area (Å²) in [5.41, 5.74) is 1.99. The van der Waals surface area contributed by atoms with E-state index in [1.54, 1.807) is 12.4 Å². The Morgan fingerprint density at radius 3 is 2.94 bits per heavy atom. The maximum atomic E-state index is 9.06. The van der Waals surface area contributed by atoms with E-state index in [0.717, 1.165) is 21.1 Å². The zero-order valence-corrected chi connectivity index (χ0v) is 9.37. The summed E-state index contributed by atoms with van der Waals surface area (Å²) in [6.07, 6.45) is 5.87. The summed E-state index contributed by atoms with van der Waals surface area (Å²) in [6, 6.07) is 6.11. The SMILES string of the molecule is N#Cc1sc(-c2cccnc2)nc1C1CC1.